The van der Waals surface area contributed by atoms with E-state index in [-0.39, 0.29) is 45.1 Å². The molecular weight excluding hydrogens is 624 g/mol. The molecule has 4 saturated carbocycles. The lowest BCUT2D eigenvalue weighted by Crippen LogP contribution is -2.67. The number of fused-ring (bicyclic) bond motifs is 7. The van der Waals surface area contributed by atoms with Crippen molar-refractivity contribution in [3.8, 4) is 0 Å². The minimum atomic E-state index is -1.13. The molecular formula is C44H60O6. The molecule has 6 nitrogen and oxygen atoms in total. The van der Waals surface area contributed by atoms with E-state index in [1.807, 2.05) is 50.3 Å². The van der Waals surface area contributed by atoms with Crippen LogP contribution in [-0.2, 0) is 23.9 Å². The zero-order valence-electron chi connectivity index (χ0n) is 31.9. The molecule has 50 heavy (non-hydrogen) atoms. The van der Waals surface area contributed by atoms with Gasteiger partial charge in [-0.3, -0.25) is 4.79 Å². The molecule has 6 heteroatoms. The van der Waals surface area contributed by atoms with Crippen LogP contribution in [0.2, 0.25) is 0 Å². The molecule has 0 heterocycles. The molecule has 0 bridgehead atoms. The van der Waals surface area contributed by atoms with Crippen LogP contribution < -0.4 is 0 Å². The number of carbonyl (C=O) groups is 3. The molecule has 6 rings (SSSR count). The van der Waals surface area contributed by atoms with Crippen molar-refractivity contribution in [2.45, 2.75) is 132 Å². The summed E-state index contributed by atoms with van der Waals surface area (Å²) >= 11 is 0. The van der Waals surface area contributed by atoms with Crippen molar-refractivity contribution in [2.24, 2.45) is 50.2 Å². The fraction of sp³-hybridized carbons (Fsp3) is 0.659. The van der Waals surface area contributed by atoms with E-state index < -0.39 is 23.5 Å². The van der Waals surface area contributed by atoms with E-state index in [2.05, 4.69) is 54.5 Å². The van der Waals surface area contributed by atoms with E-state index in [4.69, 9.17) is 9.47 Å². The summed E-state index contributed by atoms with van der Waals surface area (Å²) in [4.78, 5) is 39.6. The van der Waals surface area contributed by atoms with Gasteiger partial charge in [-0.25, -0.2) is 9.59 Å². The second-order valence-electron chi connectivity index (χ2n) is 18.9. The number of carbonyl (C=O) groups excluding carboxylic acids is 2. The Morgan fingerprint density at radius 1 is 0.800 bits per heavy atom. The first-order valence-electron chi connectivity index (χ1n) is 19.0. The third kappa shape index (κ3) is 5.71. The van der Waals surface area contributed by atoms with Crippen molar-refractivity contribution in [2.75, 3.05) is 0 Å². The lowest BCUT2D eigenvalue weighted by Gasteiger charge is -2.71. The highest BCUT2D eigenvalue weighted by molar-refractivity contribution is 5.87. The fourth-order valence-corrected chi connectivity index (χ4v) is 12.4. The summed E-state index contributed by atoms with van der Waals surface area (Å²) in [6, 6.07) is 9.84. The quantitative estimate of drug-likeness (QED) is 0.182. The fourth-order valence-electron chi connectivity index (χ4n) is 12.4. The van der Waals surface area contributed by atoms with Crippen LogP contribution >= 0.6 is 0 Å². The van der Waals surface area contributed by atoms with Gasteiger partial charge in [-0.1, -0.05) is 96.0 Å². The number of rotatable bonds is 6. The molecule has 9 atom stereocenters. The van der Waals surface area contributed by atoms with Gasteiger partial charge in [-0.05, 0) is 117 Å². The highest BCUT2D eigenvalue weighted by atomic mass is 16.5. The number of aliphatic carboxylic acids is 1. The van der Waals surface area contributed by atoms with Crippen molar-refractivity contribution >= 4 is 24.0 Å². The van der Waals surface area contributed by atoms with Gasteiger partial charge >= 0.3 is 17.9 Å². The second-order valence-corrected chi connectivity index (χ2v) is 18.9. The number of benzene rings is 1. The van der Waals surface area contributed by atoms with Gasteiger partial charge in [0.2, 0.25) is 0 Å². The molecule has 0 aromatic heterocycles. The lowest BCUT2D eigenvalue weighted by atomic mass is 9.33. The van der Waals surface area contributed by atoms with Crippen LogP contribution in [0.3, 0.4) is 0 Å². The number of ether oxygens (including phenoxy) is 2. The maximum absolute atomic E-state index is 13.5. The van der Waals surface area contributed by atoms with Gasteiger partial charge in [0.25, 0.3) is 0 Å². The first-order chi connectivity index (χ1) is 23.3. The molecule has 4 fully saturated rings. The highest BCUT2D eigenvalue weighted by Crippen LogP contribution is 2.76. The van der Waals surface area contributed by atoms with Crippen LogP contribution in [0.4, 0.5) is 0 Å². The molecule has 0 spiro atoms. The Kier molecular flexibility index (Phi) is 9.17. The van der Waals surface area contributed by atoms with Crippen molar-refractivity contribution in [1.82, 2.24) is 0 Å². The van der Waals surface area contributed by atoms with Crippen LogP contribution in [0, 0.1) is 50.2 Å². The summed E-state index contributed by atoms with van der Waals surface area (Å²) < 4.78 is 12.4. The smallest absolute Gasteiger partial charge is 0.331 e. The first-order valence-corrected chi connectivity index (χ1v) is 19.0. The summed E-state index contributed by atoms with van der Waals surface area (Å²) in [6.45, 7) is 20.2. The Morgan fingerprint density at radius 3 is 2.14 bits per heavy atom. The minimum absolute atomic E-state index is 0.0131. The van der Waals surface area contributed by atoms with Crippen LogP contribution in [-0.4, -0.2) is 35.2 Å². The lowest BCUT2D eigenvalue weighted by molar-refractivity contribution is -0.219. The van der Waals surface area contributed by atoms with E-state index in [9.17, 15) is 19.5 Å². The van der Waals surface area contributed by atoms with E-state index >= 15 is 0 Å². The number of carboxylic acid groups (broad SMARTS) is 1. The average Bonchev–Trinajstić information content (AvgIpc) is 3.01. The zero-order valence-corrected chi connectivity index (χ0v) is 31.9. The third-order valence-electron chi connectivity index (χ3n) is 15.1. The van der Waals surface area contributed by atoms with E-state index in [1.165, 1.54) is 11.6 Å². The number of hydrogen-bond acceptors (Lipinski definition) is 5. The van der Waals surface area contributed by atoms with Crippen molar-refractivity contribution < 1.29 is 29.0 Å². The molecule has 1 aromatic carbocycles. The van der Waals surface area contributed by atoms with Gasteiger partial charge in [-0.2, -0.15) is 0 Å². The Hall–Kier alpha value is -3.15. The molecule has 272 valence electrons. The summed E-state index contributed by atoms with van der Waals surface area (Å²) in [7, 11) is 0. The minimum Gasteiger partial charge on any atom is -0.481 e. The SMILES string of the molecule is CC(C)=CC(=O)O[C@@H]1CC(C)(C)C[C@H]2C3=CC[C@@H]4[C@@]5(C)CC[C@H](OC(=O)/C=C/c6ccccc6)C(C)(C)[C@@H]5CC[C@@]4(C)[C@]3(C)CC[C@@]12C(=O)O. The molecule has 0 unspecified atom stereocenters. The normalized spacial score (nSPS) is 39.8. The standard InChI is InChI=1S/C44H60O6/c1-28(2)25-37(46)50-35-27-39(3,4)26-31-30-16-17-33-41(7)21-20-34(49-36(45)18-15-29-13-11-10-12-14-29)40(5,6)32(41)19-22-43(33,9)42(30,8)23-24-44(31,35)38(47)48/h10-16,18,25,31-35H,17,19-24,26-27H2,1-9H3,(H,47,48)/b18-15+/t31-,32-,33+,34-,35+,41-,42+,43+,44-/m0/s1. The largest absolute Gasteiger partial charge is 0.481 e. The van der Waals surface area contributed by atoms with Gasteiger partial charge in [0.05, 0.1) is 0 Å². The van der Waals surface area contributed by atoms with Crippen molar-refractivity contribution in [3.05, 3.63) is 65.3 Å². The molecule has 0 amide bonds. The van der Waals surface area contributed by atoms with Crippen LogP contribution in [0.15, 0.2) is 59.7 Å². The van der Waals surface area contributed by atoms with Gasteiger partial charge in [-0.15, -0.1) is 0 Å². The summed E-state index contributed by atoms with van der Waals surface area (Å²) in [5.74, 6) is -0.911. The molecule has 0 aliphatic heterocycles. The average molecular weight is 685 g/mol. The molecule has 5 aliphatic rings. The summed E-state index contributed by atoms with van der Waals surface area (Å²) in [5.41, 5.74) is 1.52. The molecule has 5 aliphatic carbocycles. The second kappa shape index (κ2) is 12.5. The van der Waals surface area contributed by atoms with E-state index in [0.717, 1.165) is 56.1 Å². The topological polar surface area (TPSA) is 89.9 Å². The molecule has 1 N–H and O–H groups in total. The summed E-state index contributed by atoms with van der Waals surface area (Å²) in [5, 5.41) is 11.1. The predicted molar refractivity (Wildman–Crippen MR) is 197 cm³/mol. The maximum atomic E-state index is 13.5. The van der Waals surface area contributed by atoms with Crippen molar-refractivity contribution in [3.63, 3.8) is 0 Å². The van der Waals surface area contributed by atoms with Crippen LogP contribution in [0.5, 0.6) is 0 Å². The number of hydrogen-bond donors (Lipinski definition) is 1. The predicted octanol–water partition coefficient (Wildman–Crippen LogP) is 9.99. The molecule has 0 saturated heterocycles. The zero-order chi connectivity index (χ0) is 36.5. The highest BCUT2D eigenvalue weighted by Gasteiger charge is 2.71. The number of carboxylic acids is 1. The van der Waals surface area contributed by atoms with E-state index in [1.54, 1.807) is 6.08 Å². The molecule has 1 aromatic rings. The molecule has 0 radical (unpaired) electrons. The Balaban J connectivity index is 1.30. The van der Waals surface area contributed by atoms with Crippen LogP contribution in [0.25, 0.3) is 6.08 Å². The Bertz CT molecular complexity index is 1610. The van der Waals surface area contributed by atoms with Crippen molar-refractivity contribution in [1.29, 1.82) is 0 Å². The van der Waals surface area contributed by atoms with Gasteiger partial charge < -0.3 is 14.6 Å². The van der Waals surface area contributed by atoms with Crippen LogP contribution in [0.1, 0.15) is 126 Å². The van der Waals surface area contributed by atoms with Gasteiger partial charge in [0.15, 0.2) is 0 Å². The Labute approximate surface area is 300 Å². The van der Waals surface area contributed by atoms with E-state index in [0.29, 0.717) is 24.7 Å². The number of allylic oxidation sites excluding steroid dienone is 3. The number of esters is 2. The van der Waals surface area contributed by atoms with Gasteiger partial charge in [0.1, 0.15) is 17.6 Å². The first kappa shape index (κ1) is 36.6. The maximum Gasteiger partial charge on any atom is 0.331 e. The summed E-state index contributed by atoms with van der Waals surface area (Å²) in [6.07, 6.45) is 14.0. The third-order valence-corrected chi connectivity index (χ3v) is 15.1. The monoisotopic (exact) mass is 684 g/mol. The Morgan fingerprint density at radius 2 is 1.48 bits per heavy atom. The van der Waals surface area contributed by atoms with Gasteiger partial charge in [0, 0.05) is 23.5 Å².